The molecule has 0 radical (unpaired) electrons. The summed E-state index contributed by atoms with van der Waals surface area (Å²) < 4.78 is 6.14. The summed E-state index contributed by atoms with van der Waals surface area (Å²) in [5.41, 5.74) is 0. The second-order valence-corrected chi connectivity index (χ2v) is 6.28. The molecule has 0 saturated carbocycles. The summed E-state index contributed by atoms with van der Waals surface area (Å²) in [5.74, 6) is 1.93. The van der Waals surface area contributed by atoms with Crippen LogP contribution in [0.5, 0.6) is 0 Å². The van der Waals surface area contributed by atoms with Crippen molar-refractivity contribution in [1.82, 2.24) is 10.6 Å². The van der Waals surface area contributed by atoms with E-state index >= 15 is 0 Å². The van der Waals surface area contributed by atoms with Gasteiger partial charge in [0, 0.05) is 11.9 Å². The van der Waals surface area contributed by atoms with Crippen LogP contribution in [0.1, 0.15) is 22.5 Å². The zero-order chi connectivity index (χ0) is 15.2. The van der Waals surface area contributed by atoms with Gasteiger partial charge in [0.25, 0.3) is 0 Å². The predicted octanol–water partition coefficient (Wildman–Crippen LogP) is 2.70. The summed E-state index contributed by atoms with van der Waals surface area (Å²) in [6.45, 7) is 2.79. The van der Waals surface area contributed by atoms with Crippen LogP contribution < -0.4 is 10.6 Å². The summed E-state index contributed by atoms with van der Waals surface area (Å²) in [4.78, 5) is 5.22. The van der Waals surface area contributed by atoms with Gasteiger partial charge in [0.05, 0.1) is 17.4 Å². The molecule has 0 saturated heterocycles. The first-order valence-corrected chi connectivity index (χ1v) is 7.71. The van der Waals surface area contributed by atoms with Crippen LogP contribution in [0.25, 0.3) is 0 Å². The monoisotopic (exact) mass is 327 g/mol. The molecule has 0 spiro atoms. The van der Waals surface area contributed by atoms with E-state index in [4.69, 9.17) is 16.0 Å². The minimum atomic E-state index is -0.714. The number of nitrogens with zero attached hydrogens (tertiary/aromatic N) is 1. The average Bonchev–Trinajstić information content (AvgIpc) is 3.07. The molecule has 0 aromatic carbocycles. The number of aliphatic imine (C=N–C) groups is 1. The second kappa shape index (κ2) is 7.49. The minimum Gasteiger partial charge on any atom is -0.464 e. The maximum atomic E-state index is 10.0. The van der Waals surface area contributed by atoms with E-state index in [1.54, 1.807) is 13.1 Å². The van der Waals surface area contributed by atoms with Crippen LogP contribution in [0.2, 0.25) is 4.34 Å². The van der Waals surface area contributed by atoms with Gasteiger partial charge >= 0.3 is 0 Å². The maximum absolute atomic E-state index is 10.0. The first-order chi connectivity index (χ1) is 10.1. The Kier molecular flexibility index (Phi) is 5.67. The molecular formula is C14H18ClN3O2S. The molecule has 1 unspecified atom stereocenters. The Morgan fingerprint density at radius 3 is 2.76 bits per heavy atom. The molecule has 3 N–H and O–H groups in total. The number of aliphatic hydroxyl groups is 1. The normalized spacial score (nSPS) is 13.2. The standard InChI is InChI=1S/C14H18ClN3O2S/c1-9-3-5-12(20-9)11(19)8-18-14(16-2)17-7-10-4-6-13(15)21-10/h3-6,11,19H,7-8H2,1-2H3,(H2,16,17,18). The Morgan fingerprint density at radius 2 is 2.19 bits per heavy atom. The quantitative estimate of drug-likeness (QED) is 0.583. The van der Waals surface area contributed by atoms with E-state index in [2.05, 4.69) is 15.6 Å². The Balaban J connectivity index is 1.80. The molecule has 0 amide bonds. The molecule has 0 fully saturated rings. The second-order valence-electron chi connectivity index (χ2n) is 4.48. The fraction of sp³-hybridized carbons (Fsp3) is 0.357. The topological polar surface area (TPSA) is 69.8 Å². The fourth-order valence-corrected chi connectivity index (χ4v) is 2.79. The van der Waals surface area contributed by atoms with Crippen molar-refractivity contribution < 1.29 is 9.52 Å². The Labute approximate surface area is 132 Å². The van der Waals surface area contributed by atoms with Gasteiger partial charge in [-0.05, 0) is 31.2 Å². The van der Waals surface area contributed by atoms with Crippen LogP contribution >= 0.6 is 22.9 Å². The Bertz CT molecular complexity index is 609. The Hall–Kier alpha value is -1.50. The van der Waals surface area contributed by atoms with Crippen molar-refractivity contribution in [2.45, 2.75) is 19.6 Å². The molecule has 7 heteroatoms. The van der Waals surface area contributed by atoms with Crippen molar-refractivity contribution in [3.63, 3.8) is 0 Å². The van der Waals surface area contributed by atoms with E-state index in [1.165, 1.54) is 11.3 Å². The van der Waals surface area contributed by atoms with Gasteiger partial charge in [-0.25, -0.2) is 0 Å². The number of furan rings is 1. The average molecular weight is 328 g/mol. The molecule has 2 heterocycles. The van der Waals surface area contributed by atoms with E-state index in [9.17, 15) is 5.11 Å². The van der Waals surface area contributed by atoms with Crippen LogP contribution in [0.4, 0.5) is 0 Å². The van der Waals surface area contributed by atoms with Crippen molar-refractivity contribution in [2.75, 3.05) is 13.6 Å². The molecule has 2 rings (SSSR count). The van der Waals surface area contributed by atoms with E-state index in [0.29, 0.717) is 24.8 Å². The summed E-state index contributed by atoms with van der Waals surface area (Å²) in [6.07, 6.45) is -0.714. The Morgan fingerprint density at radius 1 is 1.38 bits per heavy atom. The first kappa shape index (κ1) is 15.9. The zero-order valence-electron chi connectivity index (χ0n) is 11.9. The van der Waals surface area contributed by atoms with Crippen molar-refractivity contribution in [2.24, 2.45) is 4.99 Å². The van der Waals surface area contributed by atoms with Crippen LogP contribution in [0, 0.1) is 6.92 Å². The molecule has 0 bridgehead atoms. The molecule has 2 aromatic rings. The molecular weight excluding hydrogens is 310 g/mol. The fourth-order valence-electron chi connectivity index (χ4n) is 1.76. The van der Waals surface area contributed by atoms with Crippen molar-refractivity contribution in [3.8, 4) is 0 Å². The molecule has 1 atom stereocenters. The van der Waals surface area contributed by atoms with Crippen LogP contribution in [0.3, 0.4) is 0 Å². The summed E-state index contributed by atoms with van der Waals surface area (Å²) in [6, 6.07) is 7.42. The van der Waals surface area contributed by atoms with E-state index in [1.807, 2.05) is 25.1 Å². The minimum absolute atomic E-state index is 0.317. The number of thiophene rings is 1. The van der Waals surface area contributed by atoms with Gasteiger partial charge in [0.15, 0.2) is 5.96 Å². The third-order valence-electron chi connectivity index (χ3n) is 2.83. The van der Waals surface area contributed by atoms with Crippen molar-refractivity contribution >= 4 is 28.9 Å². The lowest BCUT2D eigenvalue weighted by molar-refractivity contribution is 0.151. The predicted molar refractivity (Wildman–Crippen MR) is 85.9 cm³/mol. The third kappa shape index (κ3) is 4.77. The number of guanidine groups is 1. The van der Waals surface area contributed by atoms with Crippen molar-refractivity contribution in [3.05, 3.63) is 45.0 Å². The van der Waals surface area contributed by atoms with Gasteiger partial charge in [-0.3, -0.25) is 4.99 Å². The van der Waals surface area contributed by atoms with Gasteiger partial charge in [0.2, 0.25) is 0 Å². The van der Waals surface area contributed by atoms with Gasteiger partial charge in [-0.1, -0.05) is 11.6 Å². The van der Waals surface area contributed by atoms with Gasteiger partial charge in [0.1, 0.15) is 17.6 Å². The van der Waals surface area contributed by atoms with Crippen LogP contribution in [-0.2, 0) is 6.54 Å². The molecule has 2 aromatic heterocycles. The number of nitrogens with one attached hydrogen (secondary N) is 2. The number of rotatable bonds is 5. The van der Waals surface area contributed by atoms with Crippen LogP contribution in [-0.4, -0.2) is 24.7 Å². The smallest absolute Gasteiger partial charge is 0.191 e. The largest absolute Gasteiger partial charge is 0.464 e. The van der Waals surface area contributed by atoms with E-state index in [-0.39, 0.29) is 0 Å². The number of hydrogen-bond acceptors (Lipinski definition) is 4. The molecule has 0 aliphatic rings. The highest BCUT2D eigenvalue weighted by molar-refractivity contribution is 7.16. The molecule has 0 aliphatic carbocycles. The summed E-state index contributed by atoms with van der Waals surface area (Å²) in [5, 5.41) is 16.2. The number of aliphatic hydroxyl groups excluding tert-OH is 1. The molecule has 114 valence electrons. The lowest BCUT2D eigenvalue weighted by Crippen LogP contribution is -2.38. The maximum Gasteiger partial charge on any atom is 0.191 e. The van der Waals surface area contributed by atoms with E-state index < -0.39 is 6.10 Å². The van der Waals surface area contributed by atoms with Crippen LogP contribution in [0.15, 0.2) is 33.7 Å². The third-order valence-corrected chi connectivity index (χ3v) is 4.07. The molecule has 5 nitrogen and oxygen atoms in total. The highest BCUT2D eigenvalue weighted by Gasteiger charge is 2.12. The molecule has 0 aliphatic heterocycles. The number of halogens is 1. The lowest BCUT2D eigenvalue weighted by atomic mass is 10.3. The van der Waals surface area contributed by atoms with E-state index in [0.717, 1.165) is 15.0 Å². The zero-order valence-corrected chi connectivity index (χ0v) is 13.5. The number of aryl methyl sites for hydroxylation is 1. The SMILES string of the molecule is CN=C(NCc1ccc(Cl)s1)NCC(O)c1ccc(C)o1. The van der Waals surface area contributed by atoms with Crippen molar-refractivity contribution in [1.29, 1.82) is 0 Å². The first-order valence-electron chi connectivity index (χ1n) is 6.51. The van der Waals surface area contributed by atoms with Gasteiger partial charge in [-0.2, -0.15) is 0 Å². The highest BCUT2D eigenvalue weighted by atomic mass is 35.5. The lowest BCUT2D eigenvalue weighted by Gasteiger charge is -2.13. The van der Waals surface area contributed by atoms with Gasteiger partial charge in [-0.15, -0.1) is 11.3 Å². The highest BCUT2D eigenvalue weighted by Crippen LogP contribution is 2.21. The van der Waals surface area contributed by atoms with Gasteiger partial charge < -0.3 is 20.2 Å². The summed E-state index contributed by atoms with van der Waals surface area (Å²) >= 11 is 7.40. The molecule has 21 heavy (non-hydrogen) atoms. The number of hydrogen-bond donors (Lipinski definition) is 3. The summed E-state index contributed by atoms with van der Waals surface area (Å²) in [7, 11) is 1.68.